The first-order valence-corrected chi connectivity index (χ1v) is 6.91. The Morgan fingerprint density at radius 1 is 1.05 bits per heavy atom. The van der Waals surface area contributed by atoms with Crippen molar-refractivity contribution >= 4 is 5.91 Å². The van der Waals surface area contributed by atoms with Gasteiger partial charge in [-0.1, -0.05) is 37.3 Å². The minimum absolute atomic E-state index is 0.00785. The van der Waals surface area contributed by atoms with E-state index in [0.29, 0.717) is 6.42 Å². The van der Waals surface area contributed by atoms with Gasteiger partial charge in [-0.25, -0.2) is 0 Å². The first-order valence-electron chi connectivity index (χ1n) is 6.91. The van der Waals surface area contributed by atoms with E-state index >= 15 is 0 Å². The first kappa shape index (κ1) is 14.3. The van der Waals surface area contributed by atoms with Crippen LogP contribution in [0.4, 0.5) is 0 Å². The van der Waals surface area contributed by atoms with E-state index in [1.165, 1.54) is 5.56 Å². The van der Waals surface area contributed by atoms with Gasteiger partial charge in [0.15, 0.2) is 0 Å². The van der Waals surface area contributed by atoms with Gasteiger partial charge in [-0.15, -0.1) is 0 Å². The van der Waals surface area contributed by atoms with E-state index < -0.39 is 0 Å². The average molecular weight is 268 g/mol. The van der Waals surface area contributed by atoms with Crippen molar-refractivity contribution in [3.8, 4) is 0 Å². The lowest BCUT2D eigenvalue weighted by Gasteiger charge is -2.16. The Balaban J connectivity index is 1.90. The Kier molecular flexibility index (Phi) is 4.88. The summed E-state index contributed by atoms with van der Waals surface area (Å²) in [5, 5.41) is 3.03. The third-order valence-electron chi connectivity index (χ3n) is 3.44. The lowest BCUT2D eigenvalue weighted by Crippen LogP contribution is -2.27. The molecule has 0 saturated heterocycles. The van der Waals surface area contributed by atoms with Crippen molar-refractivity contribution in [1.82, 2.24) is 10.3 Å². The third kappa shape index (κ3) is 3.92. The fourth-order valence-corrected chi connectivity index (χ4v) is 2.21. The van der Waals surface area contributed by atoms with Crippen LogP contribution in [0.1, 0.15) is 43.4 Å². The van der Waals surface area contributed by atoms with Gasteiger partial charge in [0.2, 0.25) is 5.91 Å². The molecule has 0 fully saturated rings. The minimum Gasteiger partial charge on any atom is -0.350 e. The van der Waals surface area contributed by atoms with Crippen LogP contribution in [0.3, 0.4) is 0 Å². The van der Waals surface area contributed by atoms with Crippen LogP contribution in [0.15, 0.2) is 54.9 Å². The van der Waals surface area contributed by atoms with Gasteiger partial charge >= 0.3 is 0 Å². The molecule has 2 unspecified atom stereocenters. The molecule has 2 atom stereocenters. The van der Waals surface area contributed by atoms with E-state index in [2.05, 4.69) is 29.4 Å². The molecule has 0 aliphatic carbocycles. The van der Waals surface area contributed by atoms with Crippen LogP contribution in [-0.4, -0.2) is 10.9 Å². The van der Waals surface area contributed by atoms with Gasteiger partial charge in [0.1, 0.15) is 0 Å². The van der Waals surface area contributed by atoms with Crippen LogP contribution < -0.4 is 5.32 Å². The van der Waals surface area contributed by atoms with Crippen molar-refractivity contribution in [2.75, 3.05) is 0 Å². The predicted molar refractivity (Wildman–Crippen MR) is 80.3 cm³/mol. The molecule has 2 aromatic rings. The molecule has 0 aliphatic rings. The second-order valence-electron chi connectivity index (χ2n) is 5.09. The number of carbonyl (C=O) groups excluding carboxylic acids is 1. The zero-order valence-corrected chi connectivity index (χ0v) is 11.9. The molecule has 104 valence electrons. The minimum atomic E-state index is 0.00785. The van der Waals surface area contributed by atoms with E-state index in [9.17, 15) is 4.79 Å². The highest BCUT2D eigenvalue weighted by molar-refractivity contribution is 5.77. The van der Waals surface area contributed by atoms with Crippen molar-refractivity contribution in [2.45, 2.75) is 32.2 Å². The molecule has 1 amide bonds. The summed E-state index contributed by atoms with van der Waals surface area (Å²) in [5.41, 5.74) is 2.26. The molecule has 1 heterocycles. The number of hydrogen-bond acceptors (Lipinski definition) is 2. The molecule has 3 nitrogen and oxygen atoms in total. The first-order chi connectivity index (χ1) is 9.66. The summed E-state index contributed by atoms with van der Waals surface area (Å²) in [6.45, 7) is 4.06. The molecule has 0 aliphatic heterocycles. The maximum absolute atomic E-state index is 12.1. The second kappa shape index (κ2) is 6.85. The molecule has 1 aromatic carbocycles. The number of carbonyl (C=O) groups is 1. The summed E-state index contributed by atoms with van der Waals surface area (Å²) in [6.07, 6.45) is 3.98. The van der Waals surface area contributed by atoms with Crippen molar-refractivity contribution in [3.05, 3.63) is 66.0 Å². The maximum Gasteiger partial charge on any atom is 0.221 e. The highest BCUT2D eigenvalue weighted by Gasteiger charge is 2.13. The molecule has 0 saturated carbocycles. The van der Waals surface area contributed by atoms with E-state index in [-0.39, 0.29) is 17.9 Å². The summed E-state index contributed by atoms with van der Waals surface area (Å²) in [5.74, 6) is 0.298. The smallest absolute Gasteiger partial charge is 0.221 e. The zero-order chi connectivity index (χ0) is 14.4. The fraction of sp³-hybridized carbons (Fsp3) is 0.294. The van der Waals surface area contributed by atoms with Crippen LogP contribution in [0.25, 0.3) is 0 Å². The average Bonchev–Trinajstić information content (AvgIpc) is 2.49. The van der Waals surface area contributed by atoms with Gasteiger partial charge in [0, 0.05) is 18.8 Å². The Morgan fingerprint density at radius 2 is 1.70 bits per heavy atom. The highest BCUT2D eigenvalue weighted by atomic mass is 16.1. The van der Waals surface area contributed by atoms with Gasteiger partial charge in [0.05, 0.1) is 6.04 Å². The summed E-state index contributed by atoms with van der Waals surface area (Å²) in [4.78, 5) is 16.1. The standard InChI is InChI=1S/C17H20N2O/c1-13(15-6-4-3-5-7-15)12-17(20)19-14(2)16-8-10-18-11-9-16/h3-11,13-14H,12H2,1-2H3,(H,19,20). The normalized spacial score (nSPS) is 13.5. The van der Waals surface area contributed by atoms with Gasteiger partial charge in [-0.3, -0.25) is 9.78 Å². The number of amides is 1. The Hall–Kier alpha value is -2.16. The van der Waals surface area contributed by atoms with E-state index in [1.807, 2.05) is 37.3 Å². The molecule has 20 heavy (non-hydrogen) atoms. The Bertz CT molecular complexity index is 490. The van der Waals surface area contributed by atoms with Crippen LogP contribution >= 0.6 is 0 Å². The summed E-state index contributed by atoms with van der Waals surface area (Å²) in [7, 11) is 0. The van der Waals surface area contributed by atoms with Crippen LogP contribution in [0.5, 0.6) is 0 Å². The van der Waals surface area contributed by atoms with Gasteiger partial charge in [-0.2, -0.15) is 0 Å². The summed E-state index contributed by atoms with van der Waals surface area (Å²) >= 11 is 0. The van der Waals surface area contributed by atoms with Crippen LogP contribution in [-0.2, 0) is 4.79 Å². The molecule has 3 heteroatoms. The van der Waals surface area contributed by atoms with Crippen molar-refractivity contribution in [1.29, 1.82) is 0 Å². The highest BCUT2D eigenvalue weighted by Crippen LogP contribution is 2.19. The quantitative estimate of drug-likeness (QED) is 0.902. The number of nitrogens with zero attached hydrogens (tertiary/aromatic N) is 1. The zero-order valence-electron chi connectivity index (χ0n) is 11.9. The molecular weight excluding hydrogens is 248 g/mol. The SMILES string of the molecule is CC(CC(=O)NC(C)c1ccncc1)c1ccccc1. The van der Waals surface area contributed by atoms with Crippen molar-refractivity contribution in [3.63, 3.8) is 0 Å². The number of hydrogen-bond donors (Lipinski definition) is 1. The monoisotopic (exact) mass is 268 g/mol. The van der Waals surface area contributed by atoms with Crippen molar-refractivity contribution in [2.24, 2.45) is 0 Å². The summed E-state index contributed by atoms with van der Waals surface area (Å²) in [6, 6.07) is 14.0. The van der Waals surface area contributed by atoms with Gasteiger partial charge in [0.25, 0.3) is 0 Å². The van der Waals surface area contributed by atoms with Crippen molar-refractivity contribution < 1.29 is 4.79 Å². The Morgan fingerprint density at radius 3 is 2.35 bits per heavy atom. The van der Waals surface area contributed by atoms with E-state index in [1.54, 1.807) is 12.4 Å². The maximum atomic E-state index is 12.1. The van der Waals surface area contributed by atoms with Crippen LogP contribution in [0, 0.1) is 0 Å². The molecule has 0 spiro atoms. The van der Waals surface area contributed by atoms with Gasteiger partial charge < -0.3 is 5.32 Å². The fourth-order valence-electron chi connectivity index (χ4n) is 2.21. The molecular formula is C17H20N2O. The van der Waals surface area contributed by atoms with Gasteiger partial charge in [-0.05, 0) is 36.1 Å². The second-order valence-corrected chi connectivity index (χ2v) is 5.09. The molecule has 0 radical (unpaired) electrons. The predicted octanol–water partition coefficient (Wildman–Crippen LogP) is 3.45. The topological polar surface area (TPSA) is 42.0 Å². The number of nitrogens with one attached hydrogen (secondary N) is 1. The molecule has 2 rings (SSSR count). The molecule has 1 aromatic heterocycles. The Labute approximate surface area is 120 Å². The largest absolute Gasteiger partial charge is 0.350 e. The third-order valence-corrected chi connectivity index (χ3v) is 3.44. The van der Waals surface area contributed by atoms with Crippen LogP contribution in [0.2, 0.25) is 0 Å². The number of benzene rings is 1. The molecule has 0 bridgehead atoms. The summed E-state index contributed by atoms with van der Waals surface area (Å²) < 4.78 is 0. The lowest BCUT2D eigenvalue weighted by atomic mass is 9.97. The number of aromatic nitrogens is 1. The number of rotatable bonds is 5. The van der Waals surface area contributed by atoms with E-state index in [0.717, 1.165) is 5.56 Å². The number of pyridine rings is 1. The molecule has 1 N–H and O–H groups in total. The van der Waals surface area contributed by atoms with E-state index in [4.69, 9.17) is 0 Å². The lowest BCUT2D eigenvalue weighted by molar-refractivity contribution is -0.122.